The molecule has 1 N–H and O–H groups in total. The second-order valence-electron chi connectivity index (χ2n) is 7.32. The Morgan fingerprint density at radius 1 is 0.676 bits per heavy atom. The van der Waals surface area contributed by atoms with Crippen LogP contribution in [0.3, 0.4) is 0 Å². The average molecular weight is 460 g/mol. The zero-order chi connectivity index (χ0) is 24.2. The van der Waals surface area contributed by atoms with Gasteiger partial charge in [0.2, 0.25) is 0 Å². The van der Waals surface area contributed by atoms with E-state index in [0.717, 1.165) is 4.90 Å². The van der Waals surface area contributed by atoms with Crippen LogP contribution >= 0.6 is 0 Å². The van der Waals surface area contributed by atoms with Gasteiger partial charge >= 0.3 is 0 Å². The van der Waals surface area contributed by atoms with Crippen molar-refractivity contribution in [3.8, 4) is 23.0 Å². The van der Waals surface area contributed by atoms with Gasteiger partial charge < -0.3 is 24.3 Å². The molecule has 1 aliphatic heterocycles. The molecule has 174 valence electrons. The van der Waals surface area contributed by atoms with E-state index in [9.17, 15) is 9.59 Å². The number of rotatable bonds is 8. The third-order valence-electron chi connectivity index (χ3n) is 5.41. The van der Waals surface area contributed by atoms with Gasteiger partial charge in [-0.15, -0.1) is 0 Å². The van der Waals surface area contributed by atoms with Crippen molar-refractivity contribution in [2.75, 3.05) is 38.7 Å². The highest BCUT2D eigenvalue weighted by atomic mass is 16.5. The van der Waals surface area contributed by atoms with Gasteiger partial charge in [0.25, 0.3) is 11.8 Å². The van der Waals surface area contributed by atoms with Gasteiger partial charge in [-0.2, -0.15) is 0 Å². The quantitative estimate of drug-likeness (QED) is 0.506. The Hall–Kier alpha value is -4.46. The fraction of sp³-hybridized carbons (Fsp3) is 0.154. The second-order valence-corrected chi connectivity index (χ2v) is 7.32. The topological polar surface area (TPSA) is 86.3 Å². The molecule has 4 rings (SSSR count). The van der Waals surface area contributed by atoms with Crippen LogP contribution in [0, 0.1) is 0 Å². The van der Waals surface area contributed by atoms with Gasteiger partial charge in [-0.25, -0.2) is 4.90 Å². The van der Waals surface area contributed by atoms with Crippen molar-refractivity contribution in [3.63, 3.8) is 0 Å². The summed E-state index contributed by atoms with van der Waals surface area (Å²) in [5, 5.41) is 3.12. The van der Waals surface area contributed by atoms with Gasteiger partial charge in [0, 0.05) is 24.3 Å². The molecule has 1 aliphatic rings. The van der Waals surface area contributed by atoms with Crippen molar-refractivity contribution in [2.24, 2.45) is 0 Å². The first kappa shape index (κ1) is 22.7. The number of ether oxygens (including phenoxy) is 4. The summed E-state index contributed by atoms with van der Waals surface area (Å²) in [6, 6.07) is 19.1. The Labute approximate surface area is 197 Å². The van der Waals surface area contributed by atoms with Gasteiger partial charge in [-0.05, 0) is 17.7 Å². The average Bonchev–Trinajstić information content (AvgIpc) is 3.12. The van der Waals surface area contributed by atoms with Crippen molar-refractivity contribution in [1.29, 1.82) is 0 Å². The van der Waals surface area contributed by atoms with Crippen LogP contribution < -0.4 is 29.2 Å². The molecule has 1 heterocycles. The fourth-order valence-corrected chi connectivity index (χ4v) is 3.72. The van der Waals surface area contributed by atoms with Crippen LogP contribution in [0.4, 0.5) is 11.4 Å². The zero-order valence-electron chi connectivity index (χ0n) is 19.2. The maximum absolute atomic E-state index is 13.7. The number of methoxy groups -OCH3 is 4. The molecule has 3 aromatic carbocycles. The van der Waals surface area contributed by atoms with Gasteiger partial charge in [-0.3, -0.25) is 9.59 Å². The number of hydrogen-bond donors (Lipinski definition) is 1. The molecule has 8 heteroatoms. The van der Waals surface area contributed by atoms with E-state index in [-0.39, 0.29) is 11.3 Å². The number of amides is 2. The third-order valence-corrected chi connectivity index (χ3v) is 5.41. The Morgan fingerprint density at radius 2 is 1.32 bits per heavy atom. The maximum Gasteiger partial charge on any atom is 0.282 e. The standard InChI is InChI=1S/C26H24N2O6/c1-31-18-10-11-22(34-4)21(15-18)27-24-23(16-8-6-5-7-9-16)25(29)28(26(24)30)17-12-19(32-2)14-20(13-17)33-3/h5-15,27H,1-4H3. The van der Waals surface area contributed by atoms with Gasteiger partial charge in [0.15, 0.2) is 0 Å². The van der Waals surface area contributed by atoms with Crippen LogP contribution in [-0.2, 0) is 9.59 Å². The molecule has 0 aliphatic carbocycles. The van der Waals surface area contributed by atoms with E-state index in [0.29, 0.717) is 39.9 Å². The first-order chi connectivity index (χ1) is 16.5. The Kier molecular flexibility index (Phi) is 6.40. The summed E-state index contributed by atoms with van der Waals surface area (Å²) < 4.78 is 21.4. The predicted molar refractivity (Wildman–Crippen MR) is 129 cm³/mol. The fourth-order valence-electron chi connectivity index (χ4n) is 3.72. The van der Waals surface area contributed by atoms with Gasteiger partial charge in [0.05, 0.1) is 45.4 Å². The molecule has 0 radical (unpaired) electrons. The number of carbonyl (C=O) groups is 2. The molecule has 8 nitrogen and oxygen atoms in total. The molecular formula is C26H24N2O6. The van der Waals surface area contributed by atoms with Crippen LogP contribution in [0.5, 0.6) is 23.0 Å². The molecule has 0 spiro atoms. The molecule has 0 unspecified atom stereocenters. The van der Waals surface area contributed by atoms with Crippen molar-refractivity contribution in [1.82, 2.24) is 0 Å². The summed E-state index contributed by atoms with van der Waals surface area (Å²) in [5.41, 5.74) is 1.76. The summed E-state index contributed by atoms with van der Waals surface area (Å²) in [5.74, 6) is 0.956. The Bertz CT molecular complexity index is 1250. The summed E-state index contributed by atoms with van der Waals surface area (Å²) in [6.07, 6.45) is 0. The minimum absolute atomic E-state index is 0.115. The molecule has 0 aromatic heterocycles. The van der Waals surface area contributed by atoms with E-state index in [4.69, 9.17) is 18.9 Å². The summed E-state index contributed by atoms with van der Waals surface area (Å²) >= 11 is 0. The molecule has 0 fully saturated rings. The van der Waals surface area contributed by atoms with E-state index in [1.807, 2.05) is 6.07 Å². The van der Waals surface area contributed by atoms with E-state index in [2.05, 4.69) is 5.32 Å². The van der Waals surface area contributed by atoms with E-state index in [1.165, 1.54) is 21.3 Å². The SMILES string of the molecule is COc1cc(OC)cc(N2C(=O)C(Nc3cc(OC)ccc3OC)=C(c3ccccc3)C2=O)c1. The number of benzene rings is 3. The number of anilines is 2. The minimum Gasteiger partial charge on any atom is -0.497 e. The first-order valence-electron chi connectivity index (χ1n) is 10.4. The zero-order valence-corrected chi connectivity index (χ0v) is 19.2. The molecular weight excluding hydrogens is 436 g/mol. The predicted octanol–water partition coefficient (Wildman–Crippen LogP) is 4.12. The molecule has 0 atom stereocenters. The lowest BCUT2D eigenvalue weighted by Gasteiger charge is -2.18. The third kappa shape index (κ3) is 4.13. The largest absolute Gasteiger partial charge is 0.497 e. The van der Waals surface area contributed by atoms with Crippen LogP contribution in [-0.4, -0.2) is 40.3 Å². The number of hydrogen-bond acceptors (Lipinski definition) is 7. The summed E-state index contributed by atoms with van der Waals surface area (Å²) in [7, 11) is 6.07. The van der Waals surface area contributed by atoms with Crippen molar-refractivity contribution in [2.45, 2.75) is 0 Å². The van der Waals surface area contributed by atoms with E-state index in [1.54, 1.807) is 67.8 Å². The van der Waals surface area contributed by atoms with Crippen LogP contribution in [0.15, 0.2) is 72.4 Å². The molecule has 0 saturated carbocycles. The Morgan fingerprint density at radius 3 is 1.91 bits per heavy atom. The first-order valence-corrected chi connectivity index (χ1v) is 10.4. The number of imide groups is 1. The summed E-state index contributed by atoms with van der Waals surface area (Å²) in [4.78, 5) is 28.5. The van der Waals surface area contributed by atoms with Crippen LogP contribution in [0.1, 0.15) is 5.56 Å². The number of carbonyl (C=O) groups excluding carboxylic acids is 2. The normalized spacial score (nSPS) is 13.2. The highest BCUT2D eigenvalue weighted by Gasteiger charge is 2.41. The molecule has 0 saturated heterocycles. The van der Waals surface area contributed by atoms with Crippen LogP contribution in [0.25, 0.3) is 5.57 Å². The van der Waals surface area contributed by atoms with E-state index < -0.39 is 11.8 Å². The highest BCUT2D eigenvalue weighted by Crippen LogP contribution is 2.38. The Balaban J connectivity index is 1.85. The highest BCUT2D eigenvalue weighted by molar-refractivity contribution is 6.46. The maximum atomic E-state index is 13.7. The van der Waals surface area contributed by atoms with Crippen molar-refractivity contribution in [3.05, 3.63) is 78.0 Å². The lowest BCUT2D eigenvalue weighted by molar-refractivity contribution is -0.120. The lowest BCUT2D eigenvalue weighted by Crippen LogP contribution is -2.32. The smallest absolute Gasteiger partial charge is 0.282 e. The van der Waals surface area contributed by atoms with Crippen molar-refractivity contribution < 1.29 is 28.5 Å². The van der Waals surface area contributed by atoms with Crippen LogP contribution in [0.2, 0.25) is 0 Å². The summed E-state index contributed by atoms with van der Waals surface area (Å²) in [6.45, 7) is 0. The van der Waals surface area contributed by atoms with E-state index >= 15 is 0 Å². The molecule has 2 amide bonds. The number of nitrogens with zero attached hydrogens (tertiary/aromatic N) is 1. The monoisotopic (exact) mass is 460 g/mol. The van der Waals surface area contributed by atoms with Gasteiger partial charge in [0.1, 0.15) is 28.7 Å². The van der Waals surface area contributed by atoms with Gasteiger partial charge in [-0.1, -0.05) is 30.3 Å². The number of nitrogens with one attached hydrogen (secondary N) is 1. The minimum atomic E-state index is -0.524. The second kappa shape index (κ2) is 9.58. The molecule has 34 heavy (non-hydrogen) atoms. The van der Waals surface area contributed by atoms with Crippen molar-refractivity contribution >= 4 is 28.8 Å². The lowest BCUT2D eigenvalue weighted by atomic mass is 10.0. The molecule has 3 aromatic rings. The molecule has 0 bridgehead atoms.